The molecule has 0 aliphatic heterocycles. The van der Waals surface area contributed by atoms with Crippen LogP contribution in [0, 0.1) is 19.8 Å². The zero-order valence-corrected chi connectivity index (χ0v) is 15.8. The molecule has 0 aliphatic carbocycles. The Hall–Kier alpha value is -1.14. The topological polar surface area (TPSA) is 52.6 Å². The number of likely N-dealkylation sites (N-methyl/N-ethyl adjacent to an activating group) is 1. The molecule has 0 fully saturated rings. The van der Waals surface area contributed by atoms with Crippen LogP contribution in [0.15, 0.2) is 4.99 Å². The molecule has 126 valence electrons. The van der Waals surface area contributed by atoms with E-state index in [0.29, 0.717) is 12.0 Å². The fourth-order valence-corrected chi connectivity index (χ4v) is 3.23. The maximum absolute atomic E-state index is 4.46. The molecule has 0 amide bonds. The van der Waals surface area contributed by atoms with Gasteiger partial charge in [-0.25, -0.2) is 4.98 Å². The summed E-state index contributed by atoms with van der Waals surface area (Å²) < 4.78 is 0. The molecule has 0 bridgehead atoms. The SMILES string of the molecule is CN=C(NCc1sc(C)nc1C)NCC(CC(C)C)N(C)C. The van der Waals surface area contributed by atoms with Gasteiger partial charge in [-0.3, -0.25) is 4.99 Å². The molecular formula is C16H31N5S. The smallest absolute Gasteiger partial charge is 0.191 e. The fourth-order valence-electron chi connectivity index (χ4n) is 2.36. The fraction of sp³-hybridized carbons (Fsp3) is 0.750. The number of aliphatic imine (C=N–C) groups is 1. The molecule has 0 aliphatic rings. The van der Waals surface area contributed by atoms with Gasteiger partial charge in [0.1, 0.15) is 0 Å². The summed E-state index contributed by atoms with van der Waals surface area (Å²) in [6.07, 6.45) is 1.17. The van der Waals surface area contributed by atoms with Crippen LogP contribution < -0.4 is 10.6 Å². The Morgan fingerprint density at radius 2 is 1.95 bits per heavy atom. The lowest BCUT2D eigenvalue weighted by molar-refractivity contribution is 0.254. The van der Waals surface area contributed by atoms with Crippen molar-refractivity contribution in [2.75, 3.05) is 27.7 Å². The first-order valence-corrected chi connectivity index (χ1v) is 8.69. The van der Waals surface area contributed by atoms with Crippen LogP contribution in [0.3, 0.4) is 0 Å². The monoisotopic (exact) mass is 325 g/mol. The van der Waals surface area contributed by atoms with Crippen LogP contribution in [-0.4, -0.2) is 49.6 Å². The second-order valence-corrected chi connectivity index (χ2v) is 7.58. The lowest BCUT2D eigenvalue weighted by Gasteiger charge is -2.27. The number of rotatable bonds is 7. The number of hydrogen-bond donors (Lipinski definition) is 2. The van der Waals surface area contributed by atoms with Crippen LogP contribution in [0.2, 0.25) is 0 Å². The maximum Gasteiger partial charge on any atom is 0.191 e. The Morgan fingerprint density at radius 1 is 1.27 bits per heavy atom. The summed E-state index contributed by atoms with van der Waals surface area (Å²) in [4.78, 5) is 12.3. The second-order valence-electron chi connectivity index (χ2n) is 6.30. The molecule has 1 rings (SSSR count). The predicted octanol–water partition coefficient (Wildman–Crippen LogP) is 2.40. The highest BCUT2D eigenvalue weighted by atomic mass is 32.1. The number of thiazole rings is 1. The van der Waals surface area contributed by atoms with Gasteiger partial charge in [0.05, 0.1) is 17.2 Å². The molecule has 1 atom stereocenters. The highest BCUT2D eigenvalue weighted by molar-refractivity contribution is 7.11. The van der Waals surface area contributed by atoms with Crippen molar-refractivity contribution in [3.8, 4) is 0 Å². The van der Waals surface area contributed by atoms with Crippen molar-refractivity contribution in [1.82, 2.24) is 20.5 Å². The van der Waals surface area contributed by atoms with Crippen molar-refractivity contribution < 1.29 is 0 Å². The van der Waals surface area contributed by atoms with Gasteiger partial charge < -0.3 is 15.5 Å². The minimum atomic E-state index is 0.505. The molecule has 0 radical (unpaired) electrons. The molecule has 0 aromatic carbocycles. The van der Waals surface area contributed by atoms with Gasteiger partial charge in [0, 0.05) is 24.5 Å². The first-order valence-electron chi connectivity index (χ1n) is 7.87. The van der Waals surface area contributed by atoms with E-state index in [1.807, 2.05) is 14.0 Å². The maximum atomic E-state index is 4.46. The van der Waals surface area contributed by atoms with E-state index in [9.17, 15) is 0 Å². The largest absolute Gasteiger partial charge is 0.355 e. The summed E-state index contributed by atoms with van der Waals surface area (Å²) in [6, 6.07) is 0.505. The summed E-state index contributed by atoms with van der Waals surface area (Å²) >= 11 is 1.74. The third-order valence-electron chi connectivity index (χ3n) is 3.62. The standard InChI is InChI=1S/C16H31N5S/c1-11(2)8-14(21(6)7)9-18-16(17-5)19-10-15-12(3)20-13(4)22-15/h11,14H,8-10H2,1-7H3,(H2,17,18,19). The van der Waals surface area contributed by atoms with Gasteiger partial charge in [-0.05, 0) is 40.3 Å². The van der Waals surface area contributed by atoms with E-state index in [1.54, 1.807) is 11.3 Å². The van der Waals surface area contributed by atoms with Crippen molar-refractivity contribution >= 4 is 17.3 Å². The molecule has 1 unspecified atom stereocenters. The highest BCUT2D eigenvalue weighted by Crippen LogP contribution is 2.16. The van der Waals surface area contributed by atoms with Crippen molar-refractivity contribution in [3.05, 3.63) is 15.6 Å². The molecular weight excluding hydrogens is 294 g/mol. The molecule has 2 N–H and O–H groups in total. The van der Waals surface area contributed by atoms with Gasteiger partial charge in [0.15, 0.2) is 5.96 Å². The molecule has 0 saturated carbocycles. The Bertz CT molecular complexity index is 479. The normalized spacial score (nSPS) is 13.8. The van der Waals surface area contributed by atoms with Crippen molar-refractivity contribution in [3.63, 3.8) is 0 Å². The average Bonchev–Trinajstić information content (AvgIpc) is 2.75. The van der Waals surface area contributed by atoms with Crippen LogP contribution in [0.5, 0.6) is 0 Å². The Morgan fingerprint density at radius 3 is 2.41 bits per heavy atom. The third kappa shape index (κ3) is 6.32. The molecule has 1 heterocycles. The summed E-state index contributed by atoms with van der Waals surface area (Å²) in [5.41, 5.74) is 1.11. The van der Waals surface area contributed by atoms with E-state index in [4.69, 9.17) is 0 Å². The lowest BCUT2D eigenvalue weighted by atomic mass is 10.0. The van der Waals surface area contributed by atoms with Crippen molar-refractivity contribution in [1.29, 1.82) is 0 Å². The number of nitrogens with zero attached hydrogens (tertiary/aromatic N) is 3. The number of guanidine groups is 1. The van der Waals surface area contributed by atoms with Gasteiger partial charge >= 0.3 is 0 Å². The van der Waals surface area contributed by atoms with E-state index < -0.39 is 0 Å². The molecule has 1 aromatic heterocycles. The highest BCUT2D eigenvalue weighted by Gasteiger charge is 2.14. The van der Waals surface area contributed by atoms with Gasteiger partial charge in [0.2, 0.25) is 0 Å². The first kappa shape index (κ1) is 18.9. The molecule has 1 aromatic rings. The number of aromatic nitrogens is 1. The minimum Gasteiger partial charge on any atom is -0.355 e. The van der Waals surface area contributed by atoms with Crippen molar-refractivity contribution in [2.24, 2.45) is 10.9 Å². The summed E-state index contributed by atoms with van der Waals surface area (Å²) in [5, 5.41) is 7.93. The van der Waals surface area contributed by atoms with Crippen molar-refractivity contribution in [2.45, 2.75) is 46.7 Å². The zero-order valence-electron chi connectivity index (χ0n) is 15.0. The lowest BCUT2D eigenvalue weighted by Crippen LogP contribution is -2.45. The molecule has 5 nitrogen and oxygen atoms in total. The van der Waals surface area contributed by atoms with E-state index in [2.05, 4.69) is 60.4 Å². The minimum absolute atomic E-state index is 0.505. The van der Waals surface area contributed by atoms with Crippen LogP contribution in [0.25, 0.3) is 0 Å². The molecule has 6 heteroatoms. The van der Waals surface area contributed by atoms with Gasteiger partial charge in [-0.1, -0.05) is 13.8 Å². The summed E-state index contributed by atoms with van der Waals surface area (Å²) in [5.74, 6) is 1.54. The van der Waals surface area contributed by atoms with Crippen LogP contribution in [0.4, 0.5) is 0 Å². The summed E-state index contributed by atoms with van der Waals surface area (Å²) in [7, 11) is 6.08. The Balaban J connectivity index is 2.49. The number of hydrogen-bond acceptors (Lipinski definition) is 4. The number of nitrogens with one attached hydrogen (secondary N) is 2. The predicted molar refractivity (Wildman–Crippen MR) is 96.7 cm³/mol. The second kappa shape index (κ2) is 9.10. The van der Waals surface area contributed by atoms with Gasteiger partial charge in [-0.15, -0.1) is 11.3 Å². The number of aryl methyl sites for hydroxylation is 2. The summed E-state index contributed by atoms with van der Waals surface area (Å²) in [6.45, 7) is 10.3. The van der Waals surface area contributed by atoms with E-state index in [-0.39, 0.29) is 0 Å². The Kier molecular flexibility index (Phi) is 7.82. The van der Waals surface area contributed by atoms with E-state index >= 15 is 0 Å². The van der Waals surface area contributed by atoms with Crippen LogP contribution >= 0.6 is 11.3 Å². The van der Waals surface area contributed by atoms with E-state index in [0.717, 1.165) is 29.8 Å². The van der Waals surface area contributed by atoms with E-state index in [1.165, 1.54) is 11.3 Å². The van der Waals surface area contributed by atoms with Gasteiger partial charge in [-0.2, -0.15) is 0 Å². The third-order valence-corrected chi connectivity index (χ3v) is 4.69. The Labute approximate surface area is 139 Å². The molecule has 0 spiro atoms. The zero-order chi connectivity index (χ0) is 16.7. The molecule has 0 saturated heterocycles. The average molecular weight is 326 g/mol. The first-order chi connectivity index (χ1) is 10.3. The van der Waals surface area contributed by atoms with Crippen LogP contribution in [-0.2, 0) is 6.54 Å². The van der Waals surface area contributed by atoms with Crippen LogP contribution in [0.1, 0.15) is 35.8 Å². The molecule has 22 heavy (non-hydrogen) atoms. The quantitative estimate of drug-likeness (QED) is 0.597. The van der Waals surface area contributed by atoms with Gasteiger partial charge in [0.25, 0.3) is 0 Å².